The lowest BCUT2D eigenvalue weighted by molar-refractivity contribution is 0.0954. The molecular weight excluding hydrogens is 318 g/mol. The first kappa shape index (κ1) is 14.7. The van der Waals surface area contributed by atoms with E-state index in [0.29, 0.717) is 6.54 Å². The van der Waals surface area contributed by atoms with E-state index in [-0.39, 0.29) is 20.9 Å². The van der Waals surface area contributed by atoms with Gasteiger partial charge >= 0.3 is 0 Å². The Bertz CT molecular complexity index is 704. The molecule has 0 atom stereocenters. The highest BCUT2D eigenvalue weighted by molar-refractivity contribution is 7.94. The Labute approximate surface area is 124 Å². The monoisotopic (exact) mass is 329 g/mol. The molecule has 2 rings (SSSR count). The zero-order valence-corrected chi connectivity index (χ0v) is 12.6. The quantitative estimate of drug-likeness (QED) is 0.793. The van der Waals surface area contributed by atoms with Crippen LogP contribution in [0.15, 0.2) is 39.8 Å². The van der Waals surface area contributed by atoms with E-state index in [1.54, 1.807) is 17.5 Å². The molecule has 0 unspecified atom stereocenters. The van der Waals surface area contributed by atoms with Crippen molar-refractivity contribution in [1.82, 2.24) is 10.3 Å². The summed E-state index contributed by atoms with van der Waals surface area (Å²) in [5, 5.41) is 5.88. The fourth-order valence-corrected chi connectivity index (χ4v) is 4.20. The van der Waals surface area contributed by atoms with Crippen molar-refractivity contribution in [1.29, 1.82) is 0 Å². The zero-order valence-electron chi connectivity index (χ0n) is 10.2. The molecule has 0 fully saturated rings. The molecule has 0 aliphatic heterocycles. The highest BCUT2D eigenvalue weighted by atomic mass is 32.2. The molecule has 106 valence electrons. The normalized spacial score (nSPS) is 11.0. The number of carbonyl (C=O) groups excluding carboxylic acids is 1. The van der Waals surface area contributed by atoms with Gasteiger partial charge in [-0.05, 0) is 11.4 Å². The van der Waals surface area contributed by atoms with Crippen molar-refractivity contribution in [3.05, 3.63) is 41.2 Å². The predicted octanol–water partition coefficient (Wildman–Crippen LogP) is 1.92. The van der Waals surface area contributed by atoms with E-state index >= 15 is 0 Å². The van der Waals surface area contributed by atoms with Crippen LogP contribution in [0, 0.1) is 0 Å². The average molecular weight is 329 g/mol. The van der Waals surface area contributed by atoms with Crippen molar-refractivity contribution in [3.63, 3.8) is 0 Å². The van der Waals surface area contributed by atoms with Crippen LogP contribution in [0.3, 0.4) is 0 Å². The fourth-order valence-electron chi connectivity index (χ4n) is 1.26. The third kappa shape index (κ3) is 3.44. The molecule has 0 radical (unpaired) electrons. The summed E-state index contributed by atoms with van der Waals surface area (Å²) >= 11 is 2.16. The summed E-state index contributed by atoms with van der Waals surface area (Å²) in [5.74, 6) is -0.372. The van der Waals surface area contributed by atoms with E-state index < -0.39 is 10.0 Å². The molecule has 2 aromatic rings. The van der Waals surface area contributed by atoms with Crippen molar-refractivity contribution >= 4 is 43.7 Å². The molecule has 0 spiro atoms. The van der Waals surface area contributed by atoms with E-state index in [4.69, 9.17) is 0 Å². The Kier molecular flexibility index (Phi) is 4.53. The minimum atomic E-state index is -3.63. The van der Waals surface area contributed by atoms with Crippen LogP contribution in [0.5, 0.6) is 0 Å². The number of aromatic nitrogens is 1. The van der Waals surface area contributed by atoms with E-state index in [2.05, 4.69) is 21.6 Å². The van der Waals surface area contributed by atoms with Gasteiger partial charge in [0.25, 0.3) is 15.9 Å². The van der Waals surface area contributed by atoms with Gasteiger partial charge in [0.1, 0.15) is 9.90 Å². The van der Waals surface area contributed by atoms with Crippen LogP contribution < -0.4 is 10.0 Å². The Morgan fingerprint density at radius 2 is 2.25 bits per heavy atom. The maximum Gasteiger partial charge on any atom is 0.273 e. The number of carbonyl (C=O) groups is 1. The van der Waals surface area contributed by atoms with Crippen molar-refractivity contribution < 1.29 is 13.2 Å². The maximum absolute atomic E-state index is 12.0. The summed E-state index contributed by atoms with van der Waals surface area (Å²) in [6.45, 7) is 3.81. The lowest BCUT2D eigenvalue weighted by atomic mass is 10.4. The summed E-state index contributed by atoms with van der Waals surface area (Å²) < 4.78 is 26.5. The molecule has 2 heterocycles. The molecule has 0 bridgehead atoms. The van der Waals surface area contributed by atoms with Crippen molar-refractivity contribution in [3.8, 4) is 0 Å². The van der Waals surface area contributed by atoms with Crippen LogP contribution in [0.2, 0.25) is 0 Å². The van der Waals surface area contributed by atoms with E-state index in [1.165, 1.54) is 11.4 Å². The number of amides is 1. The molecule has 6 nitrogen and oxygen atoms in total. The van der Waals surface area contributed by atoms with Crippen LogP contribution in [0.4, 0.5) is 5.13 Å². The van der Waals surface area contributed by atoms with Gasteiger partial charge in [0.2, 0.25) is 0 Å². The Morgan fingerprint density at radius 1 is 1.45 bits per heavy atom. The zero-order chi connectivity index (χ0) is 14.6. The van der Waals surface area contributed by atoms with Crippen LogP contribution in [-0.2, 0) is 10.0 Å². The van der Waals surface area contributed by atoms with Gasteiger partial charge in [0.15, 0.2) is 5.13 Å². The standard InChI is InChI=1S/C11H11N3O3S3/c1-2-5-12-10(15)8-7-19-11(13-8)14-20(16,17)9-4-3-6-18-9/h2-4,6-7H,1,5H2,(H,12,15)(H,13,14). The molecule has 0 saturated heterocycles. The number of rotatable bonds is 6. The summed E-state index contributed by atoms with van der Waals surface area (Å²) in [7, 11) is -3.63. The second kappa shape index (κ2) is 6.16. The van der Waals surface area contributed by atoms with Gasteiger partial charge < -0.3 is 5.32 Å². The number of sulfonamides is 1. The predicted molar refractivity (Wildman–Crippen MR) is 79.8 cm³/mol. The van der Waals surface area contributed by atoms with Gasteiger partial charge in [-0.25, -0.2) is 13.4 Å². The summed E-state index contributed by atoms with van der Waals surface area (Å²) in [5.41, 5.74) is 0.167. The molecule has 0 aliphatic rings. The topological polar surface area (TPSA) is 88.2 Å². The number of nitrogens with one attached hydrogen (secondary N) is 2. The molecule has 1 amide bonds. The second-order valence-electron chi connectivity index (χ2n) is 3.57. The lowest BCUT2D eigenvalue weighted by Gasteiger charge is -2.01. The van der Waals surface area contributed by atoms with Crippen molar-refractivity contribution in [2.45, 2.75) is 4.21 Å². The Morgan fingerprint density at radius 3 is 2.90 bits per heavy atom. The first-order valence-electron chi connectivity index (χ1n) is 5.44. The Balaban J connectivity index is 2.10. The van der Waals surface area contributed by atoms with Gasteiger partial charge in [0, 0.05) is 11.9 Å². The van der Waals surface area contributed by atoms with Crippen LogP contribution >= 0.6 is 22.7 Å². The number of hydrogen-bond donors (Lipinski definition) is 2. The molecule has 0 aromatic carbocycles. The second-order valence-corrected chi connectivity index (χ2v) is 7.29. The first-order valence-corrected chi connectivity index (χ1v) is 8.68. The van der Waals surface area contributed by atoms with Crippen LogP contribution in [-0.4, -0.2) is 25.9 Å². The highest BCUT2D eigenvalue weighted by Gasteiger charge is 2.18. The maximum atomic E-state index is 12.0. The minimum absolute atomic E-state index is 0.155. The molecule has 9 heteroatoms. The SMILES string of the molecule is C=CCNC(=O)c1csc(NS(=O)(=O)c2cccs2)n1. The third-order valence-corrected chi connectivity index (χ3v) is 5.75. The largest absolute Gasteiger partial charge is 0.347 e. The van der Waals surface area contributed by atoms with Gasteiger partial charge in [-0.2, -0.15) is 0 Å². The average Bonchev–Trinajstić information content (AvgIpc) is 3.06. The lowest BCUT2D eigenvalue weighted by Crippen LogP contribution is -2.23. The number of hydrogen-bond acceptors (Lipinski definition) is 6. The van der Waals surface area contributed by atoms with E-state index in [0.717, 1.165) is 22.7 Å². The first-order chi connectivity index (χ1) is 9.53. The number of thiophene rings is 1. The number of thiazole rings is 1. The molecule has 0 saturated carbocycles. The molecule has 0 aliphatic carbocycles. The van der Waals surface area contributed by atoms with Crippen molar-refractivity contribution in [2.75, 3.05) is 11.3 Å². The van der Waals surface area contributed by atoms with E-state index in [9.17, 15) is 13.2 Å². The van der Waals surface area contributed by atoms with Crippen molar-refractivity contribution in [2.24, 2.45) is 0 Å². The van der Waals surface area contributed by atoms with Crippen LogP contribution in [0.1, 0.15) is 10.5 Å². The van der Waals surface area contributed by atoms with Gasteiger partial charge in [-0.15, -0.1) is 29.3 Å². The van der Waals surface area contributed by atoms with Gasteiger partial charge in [0.05, 0.1) is 0 Å². The Hall–Kier alpha value is -1.71. The van der Waals surface area contributed by atoms with E-state index in [1.807, 2.05) is 0 Å². The molecule has 2 aromatic heterocycles. The van der Waals surface area contributed by atoms with Gasteiger partial charge in [-0.3, -0.25) is 9.52 Å². The highest BCUT2D eigenvalue weighted by Crippen LogP contribution is 2.22. The molecule has 2 N–H and O–H groups in total. The minimum Gasteiger partial charge on any atom is -0.347 e. The van der Waals surface area contributed by atoms with Gasteiger partial charge in [-0.1, -0.05) is 12.1 Å². The number of nitrogens with zero attached hydrogens (tertiary/aromatic N) is 1. The molecule has 20 heavy (non-hydrogen) atoms. The fraction of sp³-hybridized carbons (Fsp3) is 0.0909. The summed E-state index contributed by atoms with van der Waals surface area (Å²) in [6, 6.07) is 3.15. The summed E-state index contributed by atoms with van der Waals surface area (Å²) in [6.07, 6.45) is 1.55. The smallest absolute Gasteiger partial charge is 0.273 e. The van der Waals surface area contributed by atoms with Crippen LogP contribution in [0.25, 0.3) is 0 Å². The molecular formula is C11H11N3O3S3. The number of anilines is 1. The third-order valence-electron chi connectivity index (χ3n) is 2.13. The summed E-state index contributed by atoms with van der Waals surface area (Å²) in [4.78, 5) is 15.6.